The van der Waals surface area contributed by atoms with E-state index in [1.165, 1.54) is 71.0 Å². The lowest BCUT2D eigenvalue weighted by molar-refractivity contribution is 0.169. The summed E-state index contributed by atoms with van der Waals surface area (Å²) < 4.78 is 0. The Bertz CT molecular complexity index is 314. The standard InChI is InChI=1S/C18H35N3/c1-3-19-18(15-7-5-4-6-8-15)14-21-12-11-16-9-10-17(13-21)20(16)2/h15-19H,3-14H2,1-2H3. The minimum Gasteiger partial charge on any atom is -0.313 e. The van der Waals surface area contributed by atoms with Crippen molar-refractivity contribution in [2.45, 2.75) is 76.4 Å². The summed E-state index contributed by atoms with van der Waals surface area (Å²) >= 11 is 0. The van der Waals surface area contributed by atoms with Gasteiger partial charge in [0, 0.05) is 31.2 Å². The normalized spacial score (nSPS) is 34.0. The van der Waals surface area contributed by atoms with Crippen molar-refractivity contribution >= 4 is 0 Å². The minimum atomic E-state index is 0.734. The van der Waals surface area contributed by atoms with Crippen molar-refractivity contribution < 1.29 is 0 Å². The van der Waals surface area contributed by atoms with Gasteiger partial charge in [0.2, 0.25) is 0 Å². The maximum Gasteiger partial charge on any atom is 0.0223 e. The van der Waals surface area contributed by atoms with E-state index >= 15 is 0 Å². The van der Waals surface area contributed by atoms with Crippen molar-refractivity contribution in [2.24, 2.45) is 5.92 Å². The van der Waals surface area contributed by atoms with Gasteiger partial charge in [-0.05, 0) is 58.2 Å². The quantitative estimate of drug-likeness (QED) is 0.841. The number of nitrogens with zero attached hydrogens (tertiary/aromatic N) is 2. The first-order valence-electron chi connectivity index (χ1n) is 9.45. The van der Waals surface area contributed by atoms with E-state index in [1.807, 2.05) is 0 Å². The van der Waals surface area contributed by atoms with Crippen molar-refractivity contribution in [3.63, 3.8) is 0 Å². The van der Waals surface area contributed by atoms with E-state index < -0.39 is 0 Å². The molecule has 3 fully saturated rings. The smallest absolute Gasteiger partial charge is 0.0223 e. The average Bonchev–Trinajstić information content (AvgIpc) is 2.75. The Labute approximate surface area is 131 Å². The number of likely N-dealkylation sites (tertiary alicyclic amines) is 1. The molecule has 1 saturated carbocycles. The van der Waals surface area contributed by atoms with Crippen LogP contribution in [0.1, 0.15) is 58.3 Å². The molecule has 0 amide bonds. The highest BCUT2D eigenvalue weighted by molar-refractivity contribution is 4.92. The van der Waals surface area contributed by atoms with E-state index in [0.29, 0.717) is 0 Å². The van der Waals surface area contributed by atoms with Crippen molar-refractivity contribution in [3.05, 3.63) is 0 Å². The molecule has 3 aliphatic rings. The molecule has 0 aromatic rings. The minimum absolute atomic E-state index is 0.734. The van der Waals surface area contributed by atoms with Crippen molar-refractivity contribution in [1.29, 1.82) is 0 Å². The highest BCUT2D eigenvalue weighted by Gasteiger charge is 2.35. The molecule has 2 saturated heterocycles. The summed E-state index contributed by atoms with van der Waals surface area (Å²) in [5.74, 6) is 0.928. The summed E-state index contributed by atoms with van der Waals surface area (Å²) in [6.07, 6.45) is 11.5. The molecule has 3 nitrogen and oxygen atoms in total. The summed E-state index contributed by atoms with van der Waals surface area (Å²) in [6.45, 7) is 7.31. The van der Waals surface area contributed by atoms with Crippen LogP contribution in [-0.4, -0.2) is 61.2 Å². The van der Waals surface area contributed by atoms with Crippen LogP contribution in [0.5, 0.6) is 0 Å². The molecule has 0 spiro atoms. The van der Waals surface area contributed by atoms with Crippen LogP contribution in [0.4, 0.5) is 0 Å². The van der Waals surface area contributed by atoms with E-state index in [4.69, 9.17) is 0 Å². The van der Waals surface area contributed by atoms with E-state index in [-0.39, 0.29) is 0 Å². The number of hydrogen-bond acceptors (Lipinski definition) is 3. The second-order valence-electron chi connectivity index (χ2n) is 7.66. The number of rotatable bonds is 5. The molecule has 1 aliphatic carbocycles. The van der Waals surface area contributed by atoms with Crippen LogP contribution in [-0.2, 0) is 0 Å². The average molecular weight is 293 g/mol. The van der Waals surface area contributed by atoms with Gasteiger partial charge in [-0.15, -0.1) is 0 Å². The number of nitrogens with one attached hydrogen (secondary N) is 1. The molecule has 3 heteroatoms. The van der Waals surface area contributed by atoms with Gasteiger partial charge in [0.25, 0.3) is 0 Å². The third-order valence-electron chi connectivity index (χ3n) is 6.37. The van der Waals surface area contributed by atoms with Gasteiger partial charge >= 0.3 is 0 Å². The fourth-order valence-electron chi connectivity index (χ4n) is 5.00. The summed E-state index contributed by atoms with van der Waals surface area (Å²) in [4.78, 5) is 5.45. The molecule has 2 bridgehead atoms. The Hall–Kier alpha value is -0.120. The first kappa shape index (κ1) is 15.8. The lowest BCUT2D eigenvalue weighted by Gasteiger charge is -2.35. The van der Waals surface area contributed by atoms with Crippen LogP contribution < -0.4 is 5.32 Å². The highest BCUT2D eigenvalue weighted by atomic mass is 15.3. The maximum atomic E-state index is 3.82. The van der Waals surface area contributed by atoms with Crippen molar-refractivity contribution in [3.8, 4) is 0 Å². The van der Waals surface area contributed by atoms with Gasteiger partial charge in [0.1, 0.15) is 0 Å². The van der Waals surface area contributed by atoms with Gasteiger partial charge in [0.15, 0.2) is 0 Å². The third kappa shape index (κ3) is 3.80. The van der Waals surface area contributed by atoms with Gasteiger partial charge < -0.3 is 10.2 Å². The predicted octanol–water partition coefficient (Wildman–Crippen LogP) is 2.71. The molecule has 2 heterocycles. The number of hydrogen-bond donors (Lipinski definition) is 1. The first-order chi connectivity index (χ1) is 10.3. The fourth-order valence-corrected chi connectivity index (χ4v) is 5.00. The molecular formula is C18H35N3. The molecular weight excluding hydrogens is 258 g/mol. The van der Waals surface area contributed by atoms with Crippen LogP contribution in [0.3, 0.4) is 0 Å². The Kier molecular flexibility index (Phi) is 5.58. The molecule has 0 aromatic carbocycles. The lowest BCUT2D eigenvalue weighted by Crippen LogP contribution is -2.48. The summed E-state index contributed by atoms with van der Waals surface area (Å²) in [5.41, 5.74) is 0. The molecule has 3 atom stereocenters. The zero-order valence-electron chi connectivity index (χ0n) is 14.2. The molecule has 122 valence electrons. The predicted molar refractivity (Wildman–Crippen MR) is 89.7 cm³/mol. The van der Waals surface area contributed by atoms with Crippen LogP contribution in [0, 0.1) is 5.92 Å². The van der Waals surface area contributed by atoms with Crippen LogP contribution in [0.25, 0.3) is 0 Å². The van der Waals surface area contributed by atoms with E-state index in [9.17, 15) is 0 Å². The maximum absolute atomic E-state index is 3.82. The number of fused-ring (bicyclic) bond motifs is 2. The van der Waals surface area contributed by atoms with Gasteiger partial charge in [-0.2, -0.15) is 0 Å². The van der Waals surface area contributed by atoms with Gasteiger partial charge in [-0.25, -0.2) is 0 Å². The lowest BCUT2D eigenvalue weighted by atomic mass is 9.83. The van der Waals surface area contributed by atoms with Gasteiger partial charge in [-0.3, -0.25) is 4.90 Å². The Morgan fingerprint density at radius 3 is 2.52 bits per heavy atom. The molecule has 1 N–H and O–H groups in total. The van der Waals surface area contributed by atoms with Crippen LogP contribution in [0.2, 0.25) is 0 Å². The third-order valence-corrected chi connectivity index (χ3v) is 6.37. The summed E-state index contributed by atoms with van der Waals surface area (Å²) in [5, 5.41) is 3.82. The van der Waals surface area contributed by atoms with Crippen molar-refractivity contribution in [2.75, 3.05) is 33.2 Å². The van der Waals surface area contributed by atoms with Crippen LogP contribution >= 0.6 is 0 Å². The SMILES string of the molecule is CCNC(CN1CCC2CCC(C1)N2C)C1CCCCC1. The zero-order chi connectivity index (χ0) is 14.7. The van der Waals surface area contributed by atoms with Crippen LogP contribution in [0.15, 0.2) is 0 Å². The Morgan fingerprint density at radius 2 is 1.76 bits per heavy atom. The molecule has 0 aromatic heterocycles. The second-order valence-corrected chi connectivity index (χ2v) is 7.66. The van der Waals surface area contributed by atoms with E-state index in [1.54, 1.807) is 0 Å². The highest BCUT2D eigenvalue weighted by Crippen LogP contribution is 2.30. The first-order valence-corrected chi connectivity index (χ1v) is 9.45. The van der Waals surface area contributed by atoms with Crippen molar-refractivity contribution in [1.82, 2.24) is 15.1 Å². The monoisotopic (exact) mass is 293 g/mol. The summed E-state index contributed by atoms with van der Waals surface area (Å²) in [6, 6.07) is 2.43. The molecule has 3 unspecified atom stereocenters. The second kappa shape index (κ2) is 7.43. The van der Waals surface area contributed by atoms with Gasteiger partial charge in [0.05, 0.1) is 0 Å². The Balaban J connectivity index is 1.57. The molecule has 2 aliphatic heterocycles. The fraction of sp³-hybridized carbons (Fsp3) is 1.00. The molecule has 0 radical (unpaired) electrons. The molecule has 3 rings (SSSR count). The topological polar surface area (TPSA) is 18.5 Å². The zero-order valence-corrected chi connectivity index (χ0v) is 14.2. The van der Waals surface area contributed by atoms with E-state index in [0.717, 1.165) is 30.6 Å². The van der Waals surface area contributed by atoms with Gasteiger partial charge in [-0.1, -0.05) is 26.2 Å². The largest absolute Gasteiger partial charge is 0.313 e. The van der Waals surface area contributed by atoms with E-state index in [2.05, 4.69) is 29.1 Å². The number of likely N-dealkylation sites (N-methyl/N-ethyl adjacent to an activating group) is 2. The Morgan fingerprint density at radius 1 is 1.00 bits per heavy atom. The molecule has 21 heavy (non-hydrogen) atoms. The summed E-state index contributed by atoms with van der Waals surface area (Å²) in [7, 11) is 2.36.